The monoisotopic (exact) mass is 402 g/mol. The first-order chi connectivity index (χ1) is 12.1. The summed E-state index contributed by atoms with van der Waals surface area (Å²) in [7, 11) is 3.05. The Morgan fingerprint density at radius 3 is 2.84 bits per heavy atom. The van der Waals surface area contributed by atoms with Crippen LogP contribution < -0.4 is 14.8 Å². The second-order valence-corrected chi connectivity index (χ2v) is 6.52. The molecular weight excluding hydrogens is 384 g/mol. The molecule has 1 heterocycles. The van der Waals surface area contributed by atoms with Crippen molar-refractivity contribution in [2.75, 3.05) is 20.8 Å². The molecule has 0 aliphatic carbocycles. The van der Waals surface area contributed by atoms with Crippen molar-refractivity contribution in [1.29, 1.82) is 0 Å². The van der Waals surface area contributed by atoms with Gasteiger partial charge in [0, 0.05) is 23.4 Å². The molecule has 1 aliphatic heterocycles. The average molecular weight is 403 g/mol. The minimum atomic E-state index is 0.0582. The molecule has 0 atom stereocenters. The molecule has 0 unspecified atom stereocenters. The number of phenolic OH excluding ortho intramolecular Hbond substituents is 1. The third-order valence-electron chi connectivity index (χ3n) is 3.95. The lowest BCUT2D eigenvalue weighted by atomic mass is 9.99. The van der Waals surface area contributed by atoms with E-state index >= 15 is 0 Å². The van der Waals surface area contributed by atoms with Gasteiger partial charge >= 0.3 is 0 Å². The Hall–Kier alpha value is -2.47. The van der Waals surface area contributed by atoms with Crippen LogP contribution in [0, 0.1) is 0 Å². The molecule has 2 N–H and O–H groups in total. The predicted molar refractivity (Wildman–Crippen MR) is 103 cm³/mol. The number of fused-ring (bicyclic) bond motifs is 1. The lowest BCUT2D eigenvalue weighted by Gasteiger charge is -2.15. The normalized spacial score (nSPS) is 14.3. The average Bonchev–Trinajstić information content (AvgIpc) is 2.61. The van der Waals surface area contributed by atoms with E-state index in [-0.39, 0.29) is 5.75 Å². The minimum Gasteiger partial charge on any atom is -0.504 e. The molecule has 0 fully saturated rings. The fourth-order valence-corrected chi connectivity index (χ4v) is 3.13. The number of ether oxygens (including phenoxy) is 2. The molecule has 0 saturated carbocycles. The van der Waals surface area contributed by atoms with Crippen molar-refractivity contribution in [1.82, 2.24) is 5.32 Å². The fourth-order valence-electron chi connectivity index (χ4n) is 2.76. The number of methoxy groups -OCH3 is 2. The van der Waals surface area contributed by atoms with Crippen molar-refractivity contribution in [2.45, 2.75) is 6.54 Å². The van der Waals surface area contributed by atoms with Crippen LogP contribution in [0.15, 0.2) is 46.0 Å². The molecule has 0 bridgehead atoms. The molecule has 0 spiro atoms. The molecule has 5 nitrogen and oxygen atoms in total. The van der Waals surface area contributed by atoms with Crippen LogP contribution in [0.25, 0.3) is 5.57 Å². The molecule has 2 aromatic rings. The van der Waals surface area contributed by atoms with Gasteiger partial charge in [0.1, 0.15) is 0 Å². The number of aliphatic imine (C=N–C) groups is 1. The zero-order valence-electron chi connectivity index (χ0n) is 14.0. The van der Waals surface area contributed by atoms with Crippen LogP contribution >= 0.6 is 15.9 Å². The Morgan fingerprint density at radius 2 is 2.08 bits per heavy atom. The Labute approximate surface area is 155 Å². The molecular formula is C19H19BrN2O3. The summed E-state index contributed by atoms with van der Waals surface area (Å²) in [5, 5.41) is 13.3. The van der Waals surface area contributed by atoms with Crippen LogP contribution in [-0.4, -0.2) is 32.1 Å². The molecule has 1 aliphatic rings. The highest BCUT2D eigenvalue weighted by Crippen LogP contribution is 2.37. The lowest BCUT2D eigenvalue weighted by Crippen LogP contribution is -2.10. The molecule has 25 heavy (non-hydrogen) atoms. The summed E-state index contributed by atoms with van der Waals surface area (Å²) in [5.74, 6) is 0.899. The molecule has 0 aromatic heterocycles. The molecule has 0 radical (unpaired) electrons. The van der Waals surface area contributed by atoms with E-state index in [1.807, 2.05) is 30.6 Å². The lowest BCUT2D eigenvalue weighted by molar-refractivity contribution is 0.332. The van der Waals surface area contributed by atoms with Gasteiger partial charge in [0.2, 0.25) is 5.75 Å². The number of aromatic hydroxyl groups is 1. The van der Waals surface area contributed by atoms with Crippen molar-refractivity contribution in [3.8, 4) is 17.2 Å². The highest BCUT2D eigenvalue weighted by molar-refractivity contribution is 9.10. The third-order valence-corrected chi connectivity index (χ3v) is 4.45. The van der Waals surface area contributed by atoms with Gasteiger partial charge in [-0.05, 0) is 46.5 Å². The number of halogens is 1. The van der Waals surface area contributed by atoms with E-state index < -0.39 is 0 Å². The summed E-state index contributed by atoms with van der Waals surface area (Å²) >= 11 is 3.51. The van der Waals surface area contributed by atoms with Gasteiger partial charge in [-0.15, -0.1) is 0 Å². The zero-order valence-corrected chi connectivity index (χ0v) is 15.6. The van der Waals surface area contributed by atoms with Crippen LogP contribution in [0.3, 0.4) is 0 Å². The van der Waals surface area contributed by atoms with Crippen LogP contribution in [0.4, 0.5) is 0 Å². The molecule has 2 aromatic carbocycles. The maximum Gasteiger partial charge on any atom is 0.203 e. The smallest absolute Gasteiger partial charge is 0.203 e. The Bertz CT molecular complexity index is 847. The summed E-state index contributed by atoms with van der Waals surface area (Å²) < 4.78 is 11.4. The van der Waals surface area contributed by atoms with Gasteiger partial charge in [0.15, 0.2) is 11.5 Å². The fraction of sp³-hybridized carbons (Fsp3) is 0.211. The van der Waals surface area contributed by atoms with Crippen molar-refractivity contribution < 1.29 is 14.6 Å². The molecule has 0 amide bonds. The number of hydrogen-bond donors (Lipinski definition) is 2. The molecule has 3 rings (SSSR count). The summed E-state index contributed by atoms with van der Waals surface area (Å²) in [6, 6.07) is 9.65. The number of hydrogen-bond acceptors (Lipinski definition) is 5. The summed E-state index contributed by atoms with van der Waals surface area (Å²) in [6.07, 6.45) is 3.86. The molecule has 130 valence electrons. The van der Waals surface area contributed by atoms with E-state index in [4.69, 9.17) is 9.47 Å². The topological polar surface area (TPSA) is 63.1 Å². The van der Waals surface area contributed by atoms with E-state index in [2.05, 4.69) is 32.3 Å². The quantitative estimate of drug-likeness (QED) is 0.799. The first kappa shape index (κ1) is 17.4. The summed E-state index contributed by atoms with van der Waals surface area (Å²) in [4.78, 5) is 4.39. The van der Waals surface area contributed by atoms with Gasteiger partial charge in [0.05, 0.1) is 20.8 Å². The van der Waals surface area contributed by atoms with Crippen LogP contribution in [0.5, 0.6) is 17.2 Å². The van der Waals surface area contributed by atoms with Crippen LogP contribution in [0.2, 0.25) is 0 Å². The van der Waals surface area contributed by atoms with Gasteiger partial charge in [-0.3, -0.25) is 4.99 Å². The SMILES string of the molecule is COc1cc(CNC=C2CN=Cc3ccc(Br)cc32)cc(O)c1OC. The Balaban J connectivity index is 1.77. The summed E-state index contributed by atoms with van der Waals surface area (Å²) in [6.45, 7) is 1.18. The molecule has 0 saturated heterocycles. The second-order valence-electron chi connectivity index (χ2n) is 5.60. The highest BCUT2D eigenvalue weighted by Gasteiger charge is 2.13. The van der Waals surface area contributed by atoms with Crippen molar-refractivity contribution in [2.24, 2.45) is 4.99 Å². The number of nitrogens with zero attached hydrogens (tertiary/aromatic N) is 1. The zero-order chi connectivity index (χ0) is 17.8. The number of phenols is 1. The first-order valence-corrected chi connectivity index (χ1v) is 8.57. The largest absolute Gasteiger partial charge is 0.504 e. The van der Waals surface area contributed by atoms with Gasteiger partial charge in [0.25, 0.3) is 0 Å². The van der Waals surface area contributed by atoms with Crippen LogP contribution in [-0.2, 0) is 6.54 Å². The van der Waals surface area contributed by atoms with E-state index in [0.717, 1.165) is 26.7 Å². The Morgan fingerprint density at radius 1 is 1.24 bits per heavy atom. The highest BCUT2D eigenvalue weighted by atomic mass is 79.9. The second kappa shape index (κ2) is 7.61. The van der Waals surface area contributed by atoms with Crippen molar-refractivity contribution in [3.63, 3.8) is 0 Å². The van der Waals surface area contributed by atoms with Gasteiger partial charge in [-0.25, -0.2) is 0 Å². The van der Waals surface area contributed by atoms with E-state index in [0.29, 0.717) is 24.6 Å². The van der Waals surface area contributed by atoms with Gasteiger partial charge in [-0.1, -0.05) is 22.0 Å². The Kier molecular flexibility index (Phi) is 5.28. The number of nitrogens with one attached hydrogen (secondary N) is 1. The van der Waals surface area contributed by atoms with Crippen molar-refractivity contribution in [3.05, 3.63) is 57.7 Å². The maximum absolute atomic E-state index is 10.0. The molecule has 6 heteroatoms. The maximum atomic E-state index is 10.0. The summed E-state index contributed by atoms with van der Waals surface area (Å²) in [5.41, 5.74) is 4.27. The number of benzene rings is 2. The third kappa shape index (κ3) is 3.79. The number of rotatable bonds is 5. The van der Waals surface area contributed by atoms with E-state index in [1.54, 1.807) is 13.2 Å². The minimum absolute atomic E-state index is 0.0582. The van der Waals surface area contributed by atoms with Gasteiger partial charge < -0.3 is 19.9 Å². The van der Waals surface area contributed by atoms with Crippen molar-refractivity contribution >= 4 is 27.7 Å². The first-order valence-electron chi connectivity index (χ1n) is 7.78. The van der Waals surface area contributed by atoms with E-state index in [1.165, 1.54) is 7.11 Å². The standard InChI is InChI=1S/C19H19BrN2O3/c1-24-18-6-12(5-17(23)19(18)25-2)8-21-10-14-11-22-9-13-3-4-15(20)7-16(13)14/h3-7,9-10,21,23H,8,11H2,1-2H3. The van der Waals surface area contributed by atoms with Crippen LogP contribution in [0.1, 0.15) is 16.7 Å². The van der Waals surface area contributed by atoms with E-state index in [9.17, 15) is 5.11 Å². The van der Waals surface area contributed by atoms with Gasteiger partial charge in [-0.2, -0.15) is 0 Å². The predicted octanol–water partition coefficient (Wildman–Crippen LogP) is 3.74.